The highest BCUT2D eigenvalue weighted by molar-refractivity contribution is 6.35. The molecule has 0 spiro atoms. The van der Waals surface area contributed by atoms with E-state index in [4.69, 9.17) is 28.5 Å². The van der Waals surface area contributed by atoms with Gasteiger partial charge in [0.2, 0.25) is 5.91 Å². The third-order valence-corrected chi connectivity index (χ3v) is 4.26. The molecule has 0 aliphatic heterocycles. The molecule has 0 fully saturated rings. The van der Waals surface area contributed by atoms with E-state index in [1.165, 1.54) is 10.6 Å². The number of nitriles is 1. The first-order valence-electron chi connectivity index (χ1n) is 7.15. The maximum atomic E-state index is 12.5. The quantitative estimate of drug-likeness (QED) is 0.899. The number of hydrogen-bond acceptors (Lipinski definition) is 3. The number of amides is 1. The number of nitrogens with one attached hydrogen (secondary N) is 1. The molecule has 2 rings (SSSR count). The van der Waals surface area contributed by atoms with E-state index in [1.807, 2.05) is 6.07 Å². The Bertz CT molecular complexity index is 913. The summed E-state index contributed by atoms with van der Waals surface area (Å²) in [5.74, 6) is -0.433. The fourth-order valence-corrected chi connectivity index (χ4v) is 2.81. The number of rotatable bonds is 3. The van der Waals surface area contributed by atoms with Gasteiger partial charge in [-0.3, -0.25) is 14.2 Å². The van der Waals surface area contributed by atoms with Crippen LogP contribution in [0.5, 0.6) is 0 Å². The van der Waals surface area contributed by atoms with E-state index >= 15 is 0 Å². The van der Waals surface area contributed by atoms with Crippen LogP contribution in [0.2, 0.25) is 10.0 Å². The SMILES string of the molecule is Cc1cc(C)n([C@@H](C)C(=O)Nc2cc(Cl)ccc2Cl)c(=O)c1C#N. The molecule has 1 N–H and O–H groups in total. The Labute approximate surface area is 149 Å². The van der Waals surface area contributed by atoms with Crippen molar-refractivity contribution in [1.82, 2.24) is 4.57 Å². The molecular weight excluding hydrogens is 349 g/mol. The number of benzene rings is 1. The molecule has 0 unspecified atom stereocenters. The smallest absolute Gasteiger partial charge is 0.269 e. The van der Waals surface area contributed by atoms with Gasteiger partial charge in [-0.2, -0.15) is 5.26 Å². The summed E-state index contributed by atoms with van der Waals surface area (Å²) in [7, 11) is 0. The monoisotopic (exact) mass is 363 g/mol. The summed E-state index contributed by atoms with van der Waals surface area (Å²) in [5, 5.41) is 12.6. The highest BCUT2D eigenvalue weighted by Gasteiger charge is 2.21. The molecule has 1 heterocycles. The summed E-state index contributed by atoms with van der Waals surface area (Å²) in [6.45, 7) is 4.98. The van der Waals surface area contributed by atoms with Crippen LogP contribution in [-0.4, -0.2) is 10.5 Å². The fraction of sp³-hybridized carbons (Fsp3) is 0.235. The summed E-state index contributed by atoms with van der Waals surface area (Å²) in [6, 6.07) is 7.48. The topological polar surface area (TPSA) is 74.9 Å². The van der Waals surface area contributed by atoms with E-state index in [1.54, 1.807) is 39.0 Å². The number of aromatic nitrogens is 1. The minimum Gasteiger partial charge on any atom is -0.323 e. The van der Waals surface area contributed by atoms with Crippen molar-refractivity contribution in [3.8, 4) is 6.07 Å². The van der Waals surface area contributed by atoms with Crippen molar-refractivity contribution in [3.05, 3.63) is 61.5 Å². The third-order valence-electron chi connectivity index (χ3n) is 3.70. The van der Waals surface area contributed by atoms with Crippen LogP contribution in [0.1, 0.15) is 29.8 Å². The van der Waals surface area contributed by atoms with Crippen LogP contribution in [-0.2, 0) is 4.79 Å². The van der Waals surface area contributed by atoms with Gasteiger partial charge in [-0.15, -0.1) is 0 Å². The molecule has 0 radical (unpaired) electrons. The molecular formula is C17H15Cl2N3O2. The largest absolute Gasteiger partial charge is 0.323 e. The normalized spacial score (nSPS) is 11.7. The van der Waals surface area contributed by atoms with Crippen LogP contribution >= 0.6 is 23.2 Å². The number of nitrogens with zero attached hydrogens (tertiary/aromatic N) is 2. The molecule has 0 saturated carbocycles. The predicted molar refractivity (Wildman–Crippen MR) is 94.7 cm³/mol. The average Bonchev–Trinajstić information content (AvgIpc) is 2.50. The highest BCUT2D eigenvalue weighted by atomic mass is 35.5. The summed E-state index contributed by atoms with van der Waals surface area (Å²) in [4.78, 5) is 25.0. The molecule has 0 bridgehead atoms. The molecule has 1 amide bonds. The van der Waals surface area contributed by atoms with Gasteiger partial charge in [0.1, 0.15) is 17.7 Å². The average molecular weight is 364 g/mol. The molecule has 7 heteroatoms. The van der Waals surface area contributed by atoms with Crippen LogP contribution < -0.4 is 10.9 Å². The minimum absolute atomic E-state index is 0.0287. The van der Waals surface area contributed by atoms with Gasteiger partial charge in [-0.25, -0.2) is 0 Å². The maximum absolute atomic E-state index is 12.5. The Morgan fingerprint density at radius 2 is 1.96 bits per heavy atom. The molecule has 1 aromatic carbocycles. The van der Waals surface area contributed by atoms with Crippen LogP contribution in [0.15, 0.2) is 29.1 Å². The Kier molecular flexibility index (Phi) is 5.33. The summed E-state index contributed by atoms with van der Waals surface area (Å²) in [6.07, 6.45) is 0. The first kappa shape index (κ1) is 18.1. The zero-order valence-corrected chi connectivity index (χ0v) is 14.9. The number of anilines is 1. The van der Waals surface area contributed by atoms with Gasteiger partial charge < -0.3 is 5.32 Å². The van der Waals surface area contributed by atoms with Crippen molar-refractivity contribution >= 4 is 34.8 Å². The summed E-state index contributed by atoms with van der Waals surface area (Å²) >= 11 is 11.9. The first-order valence-corrected chi connectivity index (χ1v) is 7.90. The van der Waals surface area contributed by atoms with E-state index in [2.05, 4.69) is 5.32 Å². The molecule has 0 aliphatic rings. The molecule has 24 heavy (non-hydrogen) atoms. The lowest BCUT2D eigenvalue weighted by atomic mass is 10.1. The predicted octanol–water partition coefficient (Wildman–Crippen LogP) is 3.84. The fourth-order valence-electron chi connectivity index (χ4n) is 2.47. The molecule has 2 aromatic rings. The third kappa shape index (κ3) is 3.45. The minimum atomic E-state index is -0.819. The van der Waals surface area contributed by atoms with E-state index in [-0.39, 0.29) is 5.56 Å². The first-order chi connectivity index (χ1) is 11.3. The Morgan fingerprint density at radius 1 is 1.29 bits per heavy atom. The van der Waals surface area contributed by atoms with Crippen LogP contribution in [0.25, 0.3) is 0 Å². The second-order valence-corrected chi connectivity index (χ2v) is 6.26. The van der Waals surface area contributed by atoms with Gasteiger partial charge in [0.25, 0.3) is 5.56 Å². The van der Waals surface area contributed by atoms with Crippen LogP contribution in [0.4, 0.5) is 5.69 Å². The lowest BCUT2D eigenvalue weighted by Gasteiger charge is -2.19. The van der Waals surface area contributed by atoms with Gasteiger partial charge >= 0.3 is 0 Å². The molecule has 0 aliphatic carbocycles. The van der Waals surface area contributed by atoms with Crippen LogP contribution in [0.3, 0.4) is 0 Å². The zero-order chi connectivity index (χ0) is 18.0. The van der Waals surface area contributed by atoms with Crippen molar-refractivity contribution in [1.29, 1.82) is 5.26 Å². The van der Waals surface area contributed by atoms with Crippen molar-refractivity contribution in [2.45, 2.75) is 26.8 Å². The van der Waals surface area contributed by atoms with E-state index in [0.717, 1.165) is 0 Å². The number of halogens is 2. The van der Waals surface area contributed by atoms with E-state index < -0.39 is 17.5 Å². The van der Waals surface area contributed by atoms with Gasteiger partial charge in [0.15, 0.2) is 0 Å². The van der Waals surface area contributed by atoms with Crippen LogP contribution in [0, 0.1) is 25.2 Å². The lowest BCUT2D eigenvalue weighted by Crippen LogP contribution is -2.34. The van der Waals surface area contributed by atoms with Gasteiger partial charge in [-0.05, 0) is 50.6 Å². The Morgan fingerprint density at radius 3 is 2.58 bits per heavy atom. The Hall–Kier alpha value is -2.29. The zero-order valence-electron chi connectivity index (χ0n) is 13.4. The number of carbonyl (C=O) groups is 1. The lowest BCUT2D eigenvalue weighted by molar-refractivity contribution is -0.118. The number of hydrogen-bond donors (Lipinski definition) is 1. The number of pyridine rings is 1. The van der Waals surface area contributed by atoms with Gasteiger partial charge in [0.05, 0.1) is 10.7 Å². The second kappa shape index (κ2) is 7.08. The van der Waals surface area contributed by atoms with Crippen molar-refractivity contribution in [3.63, 3.8) is 0 Å². The number of aryl methyl sites for hydroxylation is 2. The maximum Gasteiger partial charge on any atom is 0.269 e. The van der Waals surface area contributed by atoms with Crippen molar-refractivity contribution in [2.75, 3.05) is 5.32 Å². The summed E-state index contributed by atoms with van der Waals surface area (Å²) < 4.78 is 1.29. The highest BCUT2D eigenvalue weighted by Crippen LogP contribution is 2.26. The Balaban J connectivity index is 2.41. The van der Waals surface area contributed by atoms with E-state index in [9.17, 15) is 9.59 Å². The molecule has 1 aromatic heterocycles. The summed E-state index contributed by atoms with van der Waals surface area (Å²) in [5.41, 5.74) is 1.08. The molecule has 0 saturated heterocycles. The molecule has 1 atom stereocenters. The standard InChI is InChI=1S/C17H15Cl2N3O2/c1-9-6-10(2)22(17(24)13(9)8-20)11(3)16(23)21-15-7-12(18)4-5-14(15)19/h4-7,11H,1-3H3,(H,21,23)/t11-/m0/s1. The van der Waals surface area contributed by atoms with Gasteiger partial charge in [-0.1, -0.05) is 23.2 Å². The number of carbonyl (C=O) groups excluding carboxylic acids is 1. The van der Waals surface area contributed by atoms with Crippen molar-refractivity contribution < 1.29 is 4.79 Å². The second-order valence-electron chi connectivity index (χ2n) is 5.42. The van der Waals surface area contributed by atoms with E-state index in [0.29, 0.717) is 27.0 Å². The molecule has 5 nitrogen and oxygen atoms in total. The van der Waals surface area contributed by atoms with Crippen molar-refractivity contribution in [2.24, 2.45) is 0 Å². The van der Waals surface area contributed by atoms with Gasteiger partial charge in [0, 0.05) is 10.7 Å². The molecule has 124 valence electrons.